The van der Waals surface area contributed by atoms with Crippen molar-refractivity contribution in [2.45, 2.75) is 6.04 Å². The van der Waals surface area contributed by atoms with Crippen molar-refractivity contribution < 1.29 is 13.6 Å². The predicted octanol–water partition coefficient (Wildman–Crippen LogP) is 0.971. The molecule has 2 N–H and O–H groups in total. The Hall–Kier alpha value is -1.49. The highest BCUT2D eigenvalue weighted by molar-refractivity contribution is 5.82. The summed E-state index contributed by atoms with van der Waals surface area (Å²) in [4.78, 5) is 11.3. The summed E-state index contributed by atoms with van der Waals surface area (Å²) < 4.78 is 25.6. The second kappa shape index (κ2) is 4.84. The van der Waals surface area contributed by atoms with Gasteiger partial charge < -0.3 is 10.6 Å². The normalized spacial score (nSPS) is 12.3. The average molecular weight is 214 g/mol. The van der Waals surface area contributed by atoms with E-state index in [1.54, 1.807) is 7.05 Å². The first-order valence-electron chi connectivity index (χ1n) is 4.44. The van der Waals surface area contributed by atoms with Gasteiger partial charge in [-0.05, 0) is 24.7 Å². The molecule has 82 valence electrons. The van der Waals surface area contributed by atoms with Crippen molar-refractivity contribution in [3.05, 3.63) is 35.4 Å². The zero-order valence-corrected chi connectivity index (χ0v) is 8.47. The monoisotopic (exact) mass is 214 g/mol. The van der Waals surface area contributed by atoms with Gasteiger partial charge in [-0.1, -0.05) is 6.07 Å². The van der Waals surface area contributed by atoms with Crippen LogP contribution < -0.4 is 10.6 Å². The van der Waals surface area contributed by atoms with Crippen LogP contribution in [0.2, 0.25) is 0 Å². The fourth-order valence-electron chi connectivity index (χ4n) is 1.29. The van der Waals surface area contributed by atoms with Crippen LogP contribution in [0.15, 0.2) is 18.2 Å². The number of benzene rings is 1. The number of rotatable bonds is 3. The minimum atomic E-state index is -0.961. The quantitative estimate of drug-likeness (QED) is 0.787. The Morgan fingerprint density at radius 2 is 1.93 bits per heavy atom. The Morgan fingerprint density at radius 3 is 2.40 bits per heavy atom. The van der Waals surface area contributed by atoms with E-state index in [0.717, 1.165) is 12.1 Å². The molecule has 1 aromatic carbocycles. The summed E-state index contributed by atoms with van der Waals surface area (Å²) in [7, 11) is 3.05. The second-order valence-corrected chi connectivity index (χ2v) is 3.01. The first kappa shape index (κ1) is 11.6. The van der Waals surface area contributed by atoms with Crippen LogP contribution in [-0.4, -0.2) is 20.0 Å². The summed E-state index contributed by atoms with van der Waals surface area (Å²) in [6.07, 6.45) is 0. The minimum absolute atomic E-state index is 0.302. The zero-order chi connectivity index (χ0) is 11.4. The molecule has 0 aliphatic carbocycles. The van der Waals surface area contributed by atoms with E-state index in [-0.39, 0.29) is 5.91 Å². The van der Waals surface area contributed by atoms with Crippen LogP contribution in [0.25, 0.3) is 0 Å². The van der Waals surface area contributed by atoms with E-state index in [1.807, 2.05) is 0 Å². The molecule has 15 heavy (non-hydrogen) atoms. The molecule has 1 amide bonds. The molecule has 0 saturated carbocycles. The van der Waals surface area contributed by atoms with Gasteiger partial charge in [-0.15, -0.1) is 0 Å². The van der Waals surface area contributed by atoms with Crippen LogP contribution in [0.3, 0.4) is 0 Å². The summed E-state index contributed by atoms with van der Waals surface area (Å²) in [5, 5.41) is 5.15. The molecule has 1 aromatic rings. The van der Waals surface area contributed by atoms with E-state index in [4.69, 9.17) is 0 Å². The lowest BCUT2D eigenvalue weighted by Gasteiger charge is -2.14. The van der Waals surface area contributed by atoms with E-state index in [0.29, 0.717) is 5.56 Å². The minimum Gasteiger partial charge on any atom is -0.358 e. The second-order valence-electron chi connectivity index (χ2n) is 3.01. The van der Waals surface area contributed by atoms with E-state index < -0.39 is 17.7 Å². The third-order valence-corrected chi connectivity index (χ3v) is 2.07. The number of likely N-dealkylation sites (N-methyl/N-ethyl adjacent to an activating group) is 2. The lowest BCUT2D eigenvalue weighted by molar-refractivity contribution is -0.122. The molecule has 0 aliphatic heterocycles. The van der Waals surface area contributed by atoms with Crippen molar-refractivity contribution in [3.8, 4) is 0 Å². The maximum absolute atomic E-state index is 12.9. The van der Waals surface area contributed by atoms with Crippen molar-refractivity contribution in [2.75, 3.05) is 14.1 Å². The first-order valence-corrected chi connectivity index (χ1v) is 4.44. The van der Waals surface area contributed by atoms with E-state index in [1.165, 1.54) is 13.1 Å². The van der Waals surface area contributed by atoms with Crippen molar-refractivity contribution in [2.24, 2.45) is 0 Å². The van der Waals surface area contributed by atoms with Crippen LogP contribution >= 0.6 is 0 Å². The molecule has 1 unspecified atom stereocenters. The van der Waals surface area contributed by atoms with Gasteiger partial charge in [-0.2, -0.15) is 0 Å². The van der Waals surface area contributed by atoms with Crippen LogP contribution in [0.4, 0.5) is 8.78 Å². The third-order valence-electron chi connectivity index (χ3n) is 2.07. The highest BCUT2D eigenvalue weighted by atomic mass is 19.2. The van der Waals surface area contributed by atoms with Crippen molar-refractivity contribution in [1.29, 1.82) is 0 Å². The van der Waals surface area contributed by atoms with E-state index in [2.05, 4.69) is 10.6 Å². The molecule has 0 aliphatic rings. The summed E-state index contributed by atoms with van der Waals surface area (Å²) in [5.41, 5.74) is 0.385. The third kappa shape index (κ3) is 2.50. The van der Waals surface area contributed by atoms with E-state index >= 15 is 0 Å². The van der Waals surface area contributed by atoms with Crippen LogP contribution in [0.1, 0.15) is 11.6 Å². The number of halogens is 2. The van der Waals surface area contributed by atoms with Gasteiger partial charge in [0.15, 0.2) is 11.6 Å². The molecule has 1 atom stereocenters. The molecule has 0 heterocycles. The van der Waals surface area contributed by atoms with Crippen LogP contribution in [0, 0.1) is 11.6 Å². The number of carbonyl (C=O) groups excluding carboxylic acids is 1. The van der Waals surface area contributed by atoms with Gasteiger partial charge in [0.25, 0.3) is 0 Å². The Balaban J connectivity index is 3.02. The summed E-state index contributed by atoms with van der Waals surface area (Å²) in [6.45, 7) is 0. The molecule has 0 fully saturated rings. The first-order chi connectivity index (χ1) is 7.10. The van der Waals surface area contributed by atoms with Gasteiger partial charge in [0.1, 0.15) is 6.04 Å². The number of hydrogen-bond donors (Lipinski definition) is 2. The molecule has 3 nitrogen and oxygen atoms in total. The number of hydrogen-bond acceptors (Lipinski definition) is 2. The highest BCUT2D eigenvalue weighted by Crippen LogP contribution is 2.16. The predicted molar refractivity (Wildman–Crippen MR) is 52.2 cm³/mol. The van der Waals surface area contributed by atoms with Gasteiger partial charge in [0.2, 0.25) is 5.91 Å². The number of amides is 1. The molecule has 1 rings (SSSR count). The molecule has 5 heteroatoms. The van der Waals surface area contributed by atoms with Crippen LogP contribution in [0.5, 0.6) is 0 Å². The SMILES string of the molecule is CNC(=O)C(NC)c1ccc(F)c(F)c1. The Morgan fingerprint density at radius 1 is 1.27 bits per heavy atom. The van der Waals surface area contributed by atoms with E-state index in [9.17, 15) is 13.6 Å². The van der Waals surface area contributed by atoms with Crippen LogP contribution in [-0.2, 0) is 4.79 Å². The largest absolute Gasteiger partial charge is 0.358 e. The number of carbonyl (C=O) groups is 1. The molecule has 0 spiro atoms. The summed E-state index contributed by atoms with van der Waals surface area (Å²) >= 11 is 0. The molecule has 0 bridgehead atoms. The lowest BCUT2D eigenvalue weighted by Crippen LogP contribution is -2.33. The van der Waals surface area contributed by atoms with Gasteiger partial charge >= 0.3 is 0 Å². The fraction of sp³-hybridized carbons (Fsp3) is 0.300. The topological polar surface area (TPSA) is 41.1 Å². The molecular formula is C10H12F2N2O. The summed E-state index contributed by atoms with van der Waals surface area (Å²) in [6, 6.07) is 2.70. The molecule has 0 aromatic heterocycles. The van der Waals surface area contributed by atoms with Crippen molar-refractivity contribution in [3.63, 3.8) is 0 Å². The van der Waals surface area contributed by atoms with Crippen molar-refractivity contribution >= 4 is 5.91 Å². The van der Waals surface area contributed by atoms with Gasteiger partial charge in [-0.3, -0.25) is 4.79 Å². The molecule has 0 saturated heterocycles. The standard InChI is InChI=1S/C10H12F2N2O/c1-13-9(10(15)14-2)6-3-4-7(11)8(12)5-6/h3-5,9,13H,1-2H3,(H,14,15). The Kier molecular flexibility index (Phi) is 3.74. The Labute approximate surface area is 86.5 Å². The van der Waals surface area contributed by atoms with Gasteiger partial charge in [-0.25, -0.2) is 8.78 Å². The zero-order valence-electron chi connectivity index (χ0n) is 8.47. The Bertz CT molecular complexity index is 368. The molecular weight excluding hydrogens is 202 g/mol. The van der Waals surface area contributed by atoms with Gasteiger partial charge in [0.05, 0.1) is 0 Å². The maximum Gasteiger partial charge on any atom is 0.241 e. The van der Waals surface area contributed by atoms with Gasteiger partial charge in [0, 0.05) is 7.05 Å². The molecule has 0 radical (unpaired) electrons. The summed E-state index contributed by atoms with van der Waals surface area (Å²) in [5.74, 6) is -2.19. The highest BCUT2D eigenvalue weighted by Gasteiger charge is 2.18. The van der Waals surface area contributed by atoms with Crippen molar-refractivity contribution in [1.82, 2.24) is 10.6 Å². The lowest BCUT2D eigenvalue weighted by atomic mass is 10.1. The fourth-order valence-corrected chi connectivity index (χ4v) is 1.29. The average Bonchev–Trinajstić information content (AvgIpc) is 2.24. The maximum atomic E-state index is 12.9. The smallest absolute Gasteiger partial charge is 0.241 e. The number of nitrogens with one attached hydrogen (secondary N) is 2.